The van der Waals surface area contributed by atoms with Crippen molar-refractivity contribution in [3.63, 3.8) is 0 Å². The molecule has 0 N–H and O–H groups in total. The van der Waals surface area contributed by atoms with E-state index in [4.69, 9.17) is 0 Å². The lowest BCUT2D eigenvalue weighted by molar-refractivity contribution is -0.138. The van der Waals surface area contributed by atoms with Crippen LogP contribution in [0.4, 0.5) is 13.2 Å². The van der Waals surface area contributed by atoms with Gasteiger partial charge in [-0.05, 0) is 63.9 Å². The van der Waals surface area contributed by atoms with E-state index in [2.05, 4.69) is 4.90 Å². The number of halogens is 3. The van der Waals surface area contributed by atoms with Gasteiger partial charge in [0.2, 0.25) is 5.91 Å². The van der Waals surface area contributed by atoms with Crippen molar-refractivity contribution >= 4 is 16.9 Å². The van der Waals surface area contributed by atoms with Gasteiger partial charge in [-0.15, -0.1) is 0 Å². The number of carbonyl (C=O) groups excluding carboxylic acids is 1. The van der Waals surface area contributed by atoms with Crippen LogP contribution in [0.5, 0.6) is 0 Å². The Kier molecular flexibility index (Phi) is 9.72. The first-order valence-corrected chi connectivity index (χ1v) is 13.5. The van der Waals surface area contributed by atoms with Gasteiger partial charge in [0.1, 0.15) is 11.0 Å². The van der Waals surface area contributed by atoms with Crippen molar-refractivity contribution in [2.45, 2.75) is 75.8 Å². The van der Waals surface area contributed by atoms with Crippen LogP contribution in [0.3, 0.4) is 0 Å². The van der Waals surface area contributed by atoms with Crippen molar-refractivity contribution in [3.05, 3.63) is 65.7 Å². The van der Waals surface area contributed by atoms with E-state index in [1.54, 1.807) is 4.31 Å². The van der Waals surface area contributed by atoms with Gasteiger partial charge in [0.05, 0.1) is 16.5 Å². The van der Waals surface area contributed by atoms with Crippen LogP contribution in [0.2, 0.25) is 0 Å². The standard InChI is InChI=1S/C27H36F3N3O2S/c1-5-25(31(4)19-21-10-7-6-8-11-21)26(34)32-16-14-23(15-17-32)33(20(2)3)36(35)24-13-9-12-22(18-24)27(28,29)30/h6-13,18,20,23,25H,5,14-17,19H2,1-4H3. The zero-order valence-corrected chi connectivity index (χ0v) is 22.2. The first-order chi connectivity index (χ1) is 17.0. The summed E-state index contributed by atoms with van der Waals surface area (Å²) in [5.41, 5.74) is 0.345. The third-order valence-corrected chi connectivity index (χ3v) is 8.44. The molecule has 5 nitrogen and oxygen atoms in total. The molecule has 0 spiro atoms. The SMILES string of the molecule is CCC(C(=O)N1CCC(N(C(C)C)S(=O)c2cccc(C(F)(F)F)c2)CC1)N(C)Cc1ccccc1. The van der Waals surface area contributed by atoms with Gasteiger partial charge in [-0.2, -0.15) is 13.2 Å². The normalized spacial score (nSPS) is 17.1. The first kappa shape index (κ1) is 28.3. The van der Waals surface area contributed by atoms with E-state index in [9.17, 15) is 22.2 Å². The van der Waals surface area contributed by atoms with E-state index in [-0.39, 0.29) is 28.9 Å². The maximum atomic E-state index is 13.4. The molecular weight excluding hydrogens is 487 g/mol. The monoisotopic (exact) mass is 523 g/mol. The number of likely N-dealkylation sites (N-methyl/N-ethyl adjacent to an activating group) is 1. The molecule has 0 saturated carbocycles. The number of rotatable bonds is 9. The molecule has 0 aliphatic carbocycles. The minimum absolute atomic E-state index is 0.0875. The van der Waals surface area contributed by atoms with Gasteiger partial charge in [-0.3, -0.25) is 9.69 Å². The van der Waals surface area contributed by atoms with Gasteiger partial charge in [0.15, 0.2) is 0 Å². The van der Waals surface area contributed by atoms with E-state index in [0.717, 1.165) is 17.7 Å². The van der Waals surface area contributed by atoms with Crippen LogP contribution >= 0.6 is 0 Å². The molecule has 0 radical (unpaired) electrons. The fourth-order valence-electron chi connectivity index (χ4n) is 4.86. The summed E-state index contributed by atoms with van der Waals surface area (Å²) < 4.78 is 54.7. The molecule has 2 unspecified atom stereocenters. The van der Waals surface area contributed by atoms with Crippen molar-refractivity contribution in [3.8, 4) is 0 Å². The average Bonchev–Trinajstić information content (AvgIpc) is 2.85. The van der Waals surface area contributed by atoms with E-state index in [0.29, 0.717) is 38.9 Å². The molecule has 1 aliphatic rings. The maximum Gasteiger partial charge on any atom is 0.416 e. The first-order valence-electron chi connectivity index (χ1n) is 12.4. The van der Waals surface area contributed by atoms with Gasteiger partial charge < -0.3 is 4.90 Å². The third kappa shape index (κ3) is 6.95. The molecule has 2 aromatic carbocycles. The highest BCUT2D eigenvalue weighted by molar-refractivity contribution is 7.82. The number of likely N-dealkylation sites (tertiary alicyclic amines) is 1. The highest BCUT2D eigenvalue weighted by Gasteiger charge is 2.36. The quantitative estimate of drug-likeness (QED) is 0.446. The van der Waals surface area contributed by atoms with Gasteiger partial charge in [-0.25, -0.2) is 8.51 Å². The van der Waals surface area contributed by atoms with Crippen LogP contribution in [-0.2, 0) is 28.5 Å². The summed E-state index contributed by atoms with van der Waals surface area (Å²) in [6.45, 7) is 7.54. The lowest BCUT2D eigenvalue weighted by atomic mass is 10.0. The highest BCUT2D eigenvalue weighted by atomic mass is 32.2. The third-order valence-electron chi connectivity index (χ3n) is 6.68. The lowest BCUT2D eigenvalue weighted by Crippen LogP contribution is -2.53. The smallest absolute Gasteiger partial charge is 0.341 e. The van der Waals surface area contributed by atoms with Crippen LogP contribution in [0.1, 0.15) is 51.2 Å². The Hall–Kier alpha value is -2.23. The molecule has 0 aromatic heterocycles. The van der Waals surface area contributed by atoms with Crippen molar-refractivity contribution < 1.29 is 22.2 Å². The molecule has 1 fully saturated rings. The summed E-state index contributed by atoms with van der Waals surface area (Å²) in [5.74, 6) is 0.0875. The zero-order chi connectivity index (χ0) is 26.5. The van der Waals surface area contributed by atoms with Crippen molar-refractivity contribution in [2.24, 2.45) is 0 Å². The van der Waals surface area contributed by atoms with Crippen LogP contribution in [0.15, 0.2) is 59.5 Å². The van der Waals surface area contributed by atoms with Crippen LogP contribution in [-0.4, -0.2) is 62.5 Å². The molecule has 1 heterocycles. The minimum Gasteiger partial charge on any atom is -0.341 e. The molecule has 0 bridgehead atoms. The van der Waals surface area contributed by atoms with Gasteiger partial charge >= 0.3 is 6.18 Å². The molecule has 1 saturated heterocycles. The van der Waals surface area contributed by atoms with Gasteiger partial charge in [0.25, 0.3) is 0 Å². The average molecular weight is 524 g/mol. The second-order valence-corrected chi connectivity index (χ2v) is 11.0. The molecule has 2 atom stereocenters. The van der Waals surface area contributed by atoms with E-state index < -0.39 is 22.7 Å². The largest absolute Gasteiger partial charge is 0.416 e. The summed E-state index contributed by atoms with van der Waals surface area (Å²) >= 11 is 0. The molecule has 198 valence electrons. The maximum absolute atomic E-state index is 13.4. The van der Waals surface area contributed by atoms with E-state index in [1.165, 1.54) is 12.1 Å². The Bertz CT molecular complexity index is 1020. The molecule has 2 aromatic rings. The molecule has 1 amide bonds. The van der Waals surface area contributed by atoms with Crippen LogP contribution in [0, 0.1) is 0 Å². The Morgan fingerprint density at radius 1 is 1.08 bits per heavy atom. The number of carbonyl (C=O) groups is 1. The number of piperidine rings is 1. The van der Waals surface area contributed by atoms with Crippen LogP contribution in [0.25, 0.3) is 0 Å². The predicted octanol–water partition coefficient (Wildman–Crippen LogP) is 5.34. The Balaban J connectivity index is 1.66. The summed E-state index contributed by atoms with van der Waals surface area (Å²) in [5, 5.41) is 0. The second kappa shape index (κ2) is 12.3. The Morgan fingerprint density at radius 2 is 1.72 bits per heavy atom. The number of hydrogen-bond acceptors (Lipinski definition) is 3. The Morgan fingerprint density at radius 3 is 2.28 bits per heavy atom. The molecular formula is C27H36F3N3O2S. The fraction of sp³-hybridized carbons (Fsp3) is 0.519. The Labute approximate surface area is 214 Å². The number of hydrogen-bond donors (Lipinski definition) is 0. The number of nitrogens with zero attached hydrogens (tertiary/aromatic N) is 3. The molecule has 3 rings (SSSR count). The van der Waals surface area contributed by atoms with Gasteiger partial charge in [0, 0.05) is 31.7 Å². The van der Waals surface area contributed by atoms with Gasteiger partial charge in [-0.1, -0.05) is 43.3 Å². The van der Waals surface area contributed by atoms with E-state index in [1.807, 2.05) is 63.1 Å². The second-order valence-electron chi connectivity index (χ2n) is 9.61. The summed E-state index contributed by atoms with van der Waals surface area (Å²) in [6, 6.07) is 14.3. The molecule has 9 heteroatoms. The summed E-state index contributed by atoms with van der Waals surface area (Å²) in [6.07, 6.45) is -2.56. The minimum atomic E-state index is -4.49. The topological polar surface area (TPSA) is 43.9 Å². The predicted molar refractivity (Wildman–Crippen MR) is 136 cm³/mol. The fourth-order valence-corrected chi connectivity index (χ4v) is 6.39. The van der Waals surface area contributed by atoms with Crippen molar-refractivity contribution in [1.82, 2.24) is 14.1 Å². The molecule has 1 aliphatic heterocycles. The van der Waals surface area contributed by atoms with Crippen LogP contribution < -0.4 is 0 Å². The number of amides is 1. The molecule has 36 heavy (non-hydrogen) atoms. The van der Waals surface area contributed by atoms with E-state index >= 15 is 0 Å². The summed E-state index contributed by atoms with van der Waals surface area (Å²) in [7, 11) is 0.228. The lowest BCUT2D eigenvalue weighted by Gasteiger charge is -2.41. The van der Waals surface area contributed by atoms with Crippen molar-refractivity contribution in [2.75, 3.05) is 20.1 Å². The number of benzene rings is 2. The zero-order valence-electron chi connectivity index (χ0n) is 21.4. The highest BCUT2D eigenvalue weighted by Crippen LogP contribution is 2.32. The van der Waals surface area contributed by atoms with Crippen molar-refractivity contribution in [1.29, 1.82) is 0 Å². The number of alkyl halides is 3. The summed E-state index contributed by atoms with van der Waals surface area (Å²) in [4.78, 5) is 17.5.